The van der Waals surface area contributed by atoms with Crippen LogP contribution in [0.15, 0.2) is 12.2 Å². The Morgan fingerprint density at radius 1 is 1.25 bits per heavy atom. The standard InChI is InChI=1S/C24H41NO3/c1-4-5-23(28)25-15-21-20(10-12-24(3)16(2)6-9-22(21)24)19-8-7-18(27)14-17(19)11-13-26/h17-22,26-27H,2,4-15H2,1,3H3,(H,25,28)/t17-,18-,19+,20+,21+,22-,24+/m0/s1. The van der Waals surface area contributed by atoms with Crippen molar-refractivity contribution in [1.29, 1.82) is 0 Å². The van der Waals surface area contributed by atoms with Crippen LogP contribution in [-0.4, -0.2) is 35.4 Å². The summed E-state index contributed by atoms with van der Waals surface area (Å²) in [4.78, 5) is 12.2. The first-order valence-corrected chi connectivity index (χ1v) is 11.6. The number of allylic oxidation sites excluding steroid dienone is 1. The van der Waals surface area contributed by atoms with E-state index in [4.69, 9.17) is 0 Å². The van der Waals surface area contributed by atoms with Gasteiger partial charge in [0.25, 0.3) is 0 Å². The summed E-state index contributed by atoms with van der Waals surface area (Å²) in [5.74, 6) is 2.80. The summed E-state index contributed by atoms with van der Waals surface area (Å²) in [6.45, 7) is 9.84. The molecule has 1 amide bonds. The fraction of sp³-hybridized carbons (Fsp3) is 0.875. The highest BCUT2D eigenvalue weighted by atomic mass is 16.3. The van der Waals surface area contributed by atoms with Crippen molar-refractivity contribution in [2.75, 3.05) is 13.2 Å². The second kappa shape index (κ2) is 9.30. The van der Waals surface area contributed by atoms with Crippen molar-refractivity contribution in [3.05, 3.63) is 12.2 Å². The van der Waals surface area contributed by atoms with Gasteiger partial charge in [-0.3, -0.25) is 4.79 Å². The molecule has 0 bridgehead atoms. The molecule has 3 fully saturated rings. The fourth-order valence-corrected chi connectivity index (χ4v) is 6.92. The van der Waals surface area contributed by atoms with E-state index in [-0.39, 0.29) is 24.0 Å². The van der Waals surface area contributed by atoms with Gasteiger partial charge in [-0.15, -0.1) is 0 Å². The number of hydrogen-bond donors (Lipinski definition) is 3. The lowest BCUT2D eigenvalue weighted by Gasteiger charge is -2.52. The maximum atomic E-state index is 12.2. The first-order valence-electron chi connectivity index (χ1n) is 11.6. The number of carbonyl (C=O) groups excluding carboxylic acids is 1. The third kappa shape index (κ3) is 4.33. The largest absolute Gasteiger partial charge is 0.396 e. The van der Waals surface area contributed by atoms with Crippen molar-refractivity contribution in [3.63, 3.8) is 0 Å². The molecular formula is C24H41NO3. The molecule has 0 unspecified atom stereocenters. The third-order valence-corrected chi connectivity index (χ3v) is 8.52. The van der Waals surface area contributed by atoms with E-state index in [9.17, 15) is 15.0 Å². The molecule has 3 rings (SSSR count). The molecule has 0 heterocycles. The summed E-state index contributed by atoms with van der Waals surface area (Å²) in [5.41, 5.74) is 1.63. The Morgan fingerprint density at radius 3 is 2.75 bits per heavy atom. The Kier molecular flexibility index (Phi) is 7.25. The monoisotopic (exact) mass is 391 g/mol. The van der Waals surface area contributed by atoms with Gasteiger partial charge in [0.2, 0.25) is 5.91 Å². The zero-order chi connectivity index (χ0) is 20.3. The van der Waals surface area contributed by atoms with Crippen molar-refractivity contribution >= 4 is 5.91 Å². The highest BCUT2D eigenvalue weighted by Gasteiger charge is 2.53. The number of fused-ring (bicyclic) bond motifs is 1. The van der Waals surface area contributed by atoms with E-state index in [2.05, 4.69) is 18.8 Å². The number of carbonyl (C=O) groups is 1. The van der Waals surface area contributed by atoms with Crippen LogP contribution in [0.1, 0.15) is 78.1 Å². The summed E-state index contributed by atoms with van der Waals surface area (Å²) in [6, 6.07) is 0. The van der Waals surface area contributed by atoms with Gasteiger partial charge in [0.15, 0.2) is 0 Å². The van der Waals surface area contributed by atoms with E-state index < -0.39 is 0 Å². The Hall–Kier alpha value is -0.870. The van der Waals surface area contributed by atoms with Gasteiger partial charge >= 0.3 is 0 Å². The van der Waals surface area contributed by atoms with Crippen LogP contribution in [0.2, 0.25) is 0 Å². The highest BCUT2D eigenvalue weighted by molar-refractivity contribution is 5.75. The SMILES string of the molecule is C=C1CC[C@H]2[C@H](CNC(=O)CCC)[C@@H]([C@@H]3CC[C@H](O)C[C@@H]3CCO)CC[C@]12C. The maximum absolute atomic E-state index is 12.2. The van der Waals surface area contributed by atoms with E-state index in [0.717, 1.165) is 45.1 Å². The first kappa shape index (κ1) is 21.8. The van der Waals surface area contributed by atoms with Gasteiger partial charge in [0.05, 0.1) is 6.10 Å². The fourth-order valence-electron chi connectivity index (χ4n) is 6.92. The Balaban J connectivity index is 1.81. The Bertz CT molecular complexity index is 562. The van der Waals surface area contributed by atoms with Gasteiger partial charge in [-0.1, -0.05) is 26.0 Å². The molecule has 160 valence electrons. The lowest BCUT2D eigenvalue weighted by Crippen LogP contribution is -2.49. The number of amides is 1. The van der Waals surface area contributed by atoms with Crippen LogP contribution in [0.3, 0.4) is 0 Å². The first-order chi connectivity index (χ1) is 13.4. The van der Waals surface area contributed by atoms with Crippen molar-refractivity contribution in [3.8, 4) is 0 Å². The summed E-state index contributed by atoms with van der Waals surface area (Å²) in [5, 5.41) is 23.1. The van der Waals surface area contributed by atoms with Gasteiger partial charge in [-0.25, -0.2) is 0 Å². The highest BCUT2D eigenvalue weighted by Crippen LogP contribution is 2.60. The van der Waals surface area contributed by atoms with E-state index in [1.807, 2.05) is 6.92 Å². The molecular weight excluding hydrogens is 350 g/mol. The topological polar surface area (TPSA) is 69.6 Å². The van der Waals surface area contributed by atoms with Crippen molar-refractivity contribution < 1.29 is 15.0 Å². The zero-order valence-corrected chi connectivity index (χ0v) is 18.0. The molecule has 4 heteroatoms. The molecule has 28 heavy (non-hydrogen) atoms. The Morgan fingerprint density at radius 2 is 2.04 bits per heavy atom. The van der Waals surface area contributed by atoms with Gasteiger partial charge in [0.1, 0.15) is 0 Å². The second-order valence-corrected chi connectivity index (χ2v) is 9.99. The molecule has 3 N–H and O–H groups in total. The molecule has 3 aliphatic rings. The van der Waals surface area contributed by atoms with E-state index in [0.29, 0.717) is 36.0 Å². The Labute approximate surface area is 171 Å². The van der Waals surface area contributed by atoms with Crippen LogP contribution in [0.4, 0.5) is 0 Å². The van der Waals surface area contributed by atoms with Crippen molar-refractivity contribution in [2.24, 2.45) is 35.0 Å². The molecule has 7 atom stereocenters. The number of aliphatic hydroxyl groups excluding tert-OH is 2. The third-order valence-electron chi connectivity index (χ3n) is 8.52. The predicted octanol–water partition coefficient (Wildman–Crippen LogP) is 4.06. The molecule has 0 aliphatic heterocycles. The summed E-state index contributed by atoms with van der Waals surface area (Å²) >= 11 is 0. The number of hydrogen-bond acceptors (Lipinski definition) is 3. The minimum Gasteiger partial charge on any atom is -0.396 e. The van der Waals surface area contributed by atoms with Gasteiger partial charge < -0.3 is 15.5 Å². The lowest BCUT2D eigenvalue weighted by atomic mass is 9.54. The number of rotatable bonds is 7. The number of nitrogens with one attached hydrogen (secondary N) is 1. The molecule has 0 aromatic rings. The molecule has 0 saturated heterocycles. The predicted molar refractivity (Wildman–Crippen MR) is 113 cm³/mol. The lowest BCUT2D eigenvalue weighted by molar-refractivity contribution is -0.122. The molecule has 3 aliphatic carbocycles. The summed E-state index contributed by atoms with van der Waals surface area (Å²) < 4.78 is 0. The average Bonchev–Trinajstić information content (AvgIpc) is 2.96. The van der Waals surface area contributed by atoms with E-state index in [1.54, 1.807) is 0 Å². The summed E-state index contributed by atoms with van der Waals surface area (Å²) in [6.07, 6.45) is 9.53. The summed E-state index contributed by atoms with van der Waals surface area (Å²) in [7, 11) is 0. The van der Waals surface area contributed by atoms with Crippen LogP contribution in [-0.2, 0) is 4.79 Å². The van der Waals surface area contributed by atoms with Crippen LogP contribution >= 0.6 is 0 Å². The molecule has 0 aromatic carbocycles. The van der Waals surface area contributed by atoms with Crippen molar-refractivity contribution in [2.45, 2.75) is 84.2 Å². The molecule has 0 aromatic heterocycles. The van der Waals surface area contributed by atoms with Gasteiger partial charge in [-0.2, -0.15) is 0 Å². The second-order valence-electron chi connectivity index (χ2n) is 9.99. The normalized spacial score (nSPS) is 40.9. The minimum atomic E-state index is -0.212. The van der Waals surface area contributed by atoms with Gasteiger partial charge in [0, 0.05) is 19.6 Å². The smallest absolute Gasteiger partial charge is 0.219 e. The van der Waals surface area contributed by atoms with Crippen LogP contribution in [0, 0.1) is 35.0 Å². The van der Waals surface area contributed by atoms with Crippen LogP contribution in [0.5, 0.6) is 0 Å². The maximum Gasteiger partial charge on any atom is 0.219 e. The zero-order valence-electron chi connectivity index (χ0n) is 18.0. The van der Waals surface area contributed by atoms with Crippen LogP contribution < -0.4 is 5.32 Å². The quantitative estimate of drug-likeness (QED) is 0.573. The van der Waals surface area contributed by atoms with E-state index >= 15 is 0 Å². The number of aliphatic hydroxyl groups is 2. The van der Waals surface area contributed by atoms with Crippen molar-refractivity contribution in [1.82, 2.24) is 5.32 Å². The average molecular weight is 392 g/mol. The molecule has 0 spiro atoms. The van der Waals surface area contributed by atoms with Crippen LogP contribution in [0.25, 0.3) is 0 Å². The minimum absolute atomic E-state index is 0.177. The molecule has 3 saturated carbocycles. The van der Waals surface area contributed by atoms with E-state index in [1.165, 1.54) is 24.8 Å². The van der Waals surface area contributed by atoms with Gasteiger partial charge in [-0.05, 0) is 92.8 Å². The molecule has 4 nitrogen and oxygen atoms in total. The molecule has 0 radical (unpaired) electrons.